The maximum atomic E-state index is 12.4. The number of aromatic nitrogens is 1. The Balaban J connectivity index is 1.48. The maximum absolute atomic E-state index is 12.4. The number of hydrogen-bond donors (Lipinski definition) is 3. The molecule has 3 rings (SSSR count). The van der Waals surface area contributed by atoms with Gasteiger partial charge < -0.3 is 20.1 Å². The predicted octanol–water partition coefficient (Wildman–Crippen LogP) is 4.93. The molecule has 0 bridgehead atoms. The van der Waals surface area contributed by atoms with E-state index in [1.54, 1.807) is 53.9 Å². The number of thiazole rings is 1. The van der Waals surface area contributed by atoms with Crippen LogP contribution in [0.25, 0.3) is 0 Å². The SMILES string of the molecule is CCCCOC(=O)c1ccc(NC(=O)Cc2csc(NC(=O)Nc3ccccc3OC)n2)cc1. The number of urea groups is 1. The standard InChI is InChI=1S/C24H26N4O5S/c1-3-4-13-33-22(30)16-9-11-17(12-10-16)25-21(29)14-18-15-34-24(26-18)28-23(31)27-19-7-5-6-8-20(19)32-2/h5-12,15H,3-4,13-14H2,1-2H3,(H,25,29)(H2,26,27,28,31). The molecule has 3 amide bonds. The van der Waals surface area contributed by atoms with Gasteiger partial charge in [0, 0.05) is 11.1 Å². The van der Waals surface area contributed by atoms with Crippen LogP contribution >= 0.6 is 11.3 Å². The molecular weight excluding hydrogens is 456 g/mol. The molecule has 0 radical (unpaired) electrons. The van der Waals surface area contributed by atoms with Crippen LogP contribution in [0, 0.1) is 0 Å². The topological polar surface area (TPSA) is 119 Å². The third-order valence-electron chi connectivity index (χ3n) is 4.60. The van der Waals surface area contributed by atoms with Crippen LogP contribution in [0.3, 0.4) is 0 Å². The lowest BCUT2D eigenvalue weighted by Gasteiger charge is -2.09. The van der Waals surface area contributed by atoms with Gasteiger partial charge in [0.15, 0.2) is 5.13 Å². The van der Waals surface area contributed by atoms with Gasteiger partial charge in [-0.1, -0.05) is 25.5 Å². The average molecular weight is 483 g/mol. The van der Waals surface area contributed by atoms with Crippen LogP contribution in [0.1, 0.15) is 35.8 Å². The van der Waals surface area contributed by atoms with E-state index in [1.165, 1.54) is 18.4 Å². The first-order valence-electron chi connectivity index (χ1n) is 10.7. The van der Waals surface area contributed by atoms with Gasteiger partial charge in [-0.2, -0.15) is 0 Å². The molecule has 0 saturated carbocycles. The van der Waals surface area contributed by atoms with Crippen molar-refractivity contribution in [3.63, 3.8) is 0 Å². The summed E-state index contributed by atoms with van der Waals surface area (Å²) in [4.78, 5) is 40.8. The highest BCUT2D eigenvalue weighted by atomic mass is 32.1. The Hall–Kier alpha value is -3.92. The number of amides is 3. The van der Waals surface area contributed by atoms with Crippen molar-refractivity contribution in [2.75, 3.05) is 29.7 Å². The van der Waals surface area contributed by atoms with Gasteiger partial charge in [-0.05, 0) is 42.8 Å². The van der Waals surface area contributed by atoms with Crippen LogP contribution in [0.4, 0.5) is 21.3 Å². The average Bonchev–Trinajstić information content (AvgIpc) is 3.26. The summed E-state index contributed by atoms with van der Waals surface area (Å²) >= 11 is 1.21. The Labute approximate surface area is 201 Å². The molecule has 1 heterocycles. The molecule has 3 N–H and O–H groups in total. The molecule has 178 valence electrons. The van der Waals surface area contributed by atoms with Crippen LogP contribution in [-0.4, -0.2) is 36.6 Å². The van der Waals surface area contributed by atoms with Crippen molar-refractivity contribution in [3.05, 3.63) is 65.2 Å². The molecule has 0 spiro atoms. The molecule has 10 heteroatoms. The van der Waals surface area contributed by atoms with E-state index < -0.39 is 6.03 Å². The van der Waals surface area contributed by atoms with Crippen molar-refractivity contribution >= 4 is 45.8 Å². The summed E-state index contributed by atoms with van der Waals surface area (Å²) in [5, 5.41) is 10.2. The summed E-state index contributed by atoms with van der Waals surface area (Å²) in [6.45, 7) is 2.41. The first kappa shape index (κ1) is 24.7. The summed E-state index contributed by atoms with van der Waals surface area (Å²) in [5.74, 6) is -0.118. The van der Waals surface area contributed by atoms with Gasteiger partial charge >= 0.3 is 12.0 Å². The van der Waals surface area contributed by atoms with Crippen LogP contribution in [0.15, 0.2) is 53.9 Å². The van der Waals surface area contributed by atoms with Gasteiger partial charge in [0.2, 0.25) is 5.91 Å². The van der Waals surface area contributed by atoms with Gasteiger partial charge in [-0.15, -0.1) is 11.3 Å². The van der Waals surface area contributed by atoms with E-state index in [-0.39, 0.29) is 18.3 Å². The molecule has 0 saturated heterocycles. The third-order valence-corrected chi connectivity index (χ3v) is 5.41. The molecule has 0 aliphatic heterocycles. The van der Waals surface area contributed by atoms with Crippen molar-refractivity contribution in [2.24, 2.45) is 0 Å². The fraction of sp³-hybridized carbons (Fsp3) is 0.250. The van der Waals surface area contributed by atoms with E-state index in [9.17, 15) is 14.4 Å². The zero-order valence-electron chi connectivity index (χ0n) is 18.9. The van der Waals surface area contributed by atoms with E-state index in [1.807, 2.05) is 6.92 Å². The Morgan fingerprint density at radius 2 is 1.76 bits per heavy atom. The van der Waals surface area contributed by atoms with Gasteiger partial charge in [-0.3, -0.25) is 10.1 Å². The summed E-state index contributed by atoms with van der Waals surface area (Å²) in [6.07, 6.45) is 1.80. The minimum absolute atomic E-state index is 0.0348. The van der Waals surface area contributed by atoms with Crippen LogP contribution in [0.2, 0.25) is 0 Å². The smallest absolute Gasteiger partial charge is 0.338 e. The van der Waals surface area contributed by atoms with Crippen molar-refractivity contribution in [3.8, 4) is 5.75 Å². The number of nitrogens with zero attached hydrogens (tertiary/aromatic N) is 1. The second kappa shape index (κ2) is 12.4. The summed E-state index contributed by atoms with van der Waals surface area (Å²) in [6, 6.07) is 13.1. The van der Waals surface area contributed by atoms with Crippen molar-refractivity contribution < 1.29 is 23.9 Å². The second-order valence-electron chi connectivity index (χ2n) is 7.22. The van der Waals surface area contributed by atoms with Gasteiger partial charge in [0.1, 0.15) is 5.75 Å². The van der Waals surface area contributed by atoms with E-state index >= 15 is 0 Å². The lowest BCUT2D eigenvalue weighted by atomic mass is 10.2. The number of carbonyl (C=O) groups excluding carboxylic acids is 3. The minimum Gasteiger partial charge on any atom is -0.495 e. The lowest BCUT2D eigenvalue weighted by molar-refractivity contribution is -0.115. The number of hydrogen-bond acceptors (Lipinski definition) is 7. The number of esters is 1. The number of ether oxygens (including phenoxy) is 2. The summed E-state index contributed by atoms with van der Waals surface area (Å²) in [5.41, 5.74) is 2.03. The fourth-order valence-electron chi connectivity index (χ4n) is 2.90. The highest BCUT2D eigenvalue weighted by Crippen LogP contribution is 2.24. The normalized spacial score (nSPS) is 10.3. The quantitative estimate of drug-likeness (QED) is 0.278. The highest BCUT2D eigenvalue weighted by Gasteiger charge is 2.12. The molecule has 0 unspecified atom stereocenters. The molecule has 3 aromatic rings. The van der Waals surface area contributed by atoms with Gasteiger partial charge in [-0.25, -0.2) is 14.6 Å². The van der Waals surface area contributed by atoms with Crippen LogP contribution < -0.4 is 20.7 Å². The molecule has 2 aromatic carbocycles. The summed E-state index contributed by atoms with van der Waals surface area (Å²) in [7, 11) is 1.52. The number of anilines is 3. The third kappa shape index (κ3) is 7.31. The van der Waals surface area contributed by atoms with Crippen molar-refractivity contribution in [1.82, 2.24) is 4.98 Å². The Morgan fingerprint density at radius 3 is 2.50 bits per heavy atom. The zero-order chi connectivity index (χ0) is 24.3. The first-order valence-corrected chi connectivity index (χ1v) is 11.6. The van der Waals surface area contributed by atoms with E-state index in [2.05, 4.69) is 20.9 Å². The van der Waals surface area contributed by atoms with Gasteiger partial charge in [0.25, 0.3) is 0 Å². The Bertz CT molecular complexity index is 1130. The predicted molar refractivity (Wildman–Crippen MR) is 132 cm³/mol. The molecule has 0 aliphatic rings. The largest absolute Gasteiger partial charge is 0.495 e. The first-order chi connectivity index (χ1) is 16.5. The maximum Gasteiger partial charge on any atom is 0.338 e. The fourth-order valence-corrected chi connectivity index (χ4v) is 3.60. The summed E-state index contributed by atoms with van der Waals surface area (Å²) < 4.78 is 10.4. The van der Waals surface area contributed by atoms with Crippen LogP contribution in [0.5, 0.6) is 5.75 Å². The molecule has 0 atom stereocenters. The number of benzene rings is 2. The minimum atomic E-state index is -0.469. The van der Waals surface area contributed by atoms with E-state index in [4.69, 9.17) is 9.47 Å². The lowest BCUT2D eigenvalue weighted by Crippen LogP contribution is -2.20. The number of nitrogens with one attached hydrogen (secondary N) is 3. The number of rotatable bonds is 10. The molecule has 9 nitrogen and oxygen atoms in total. The number of para-hydroxylation sites is 2. The molecule has 1 aromatic heterocycles. The number of unbranched alkanes of at least 4 members (excludes halogenated alkanes) is 1. The second-order valence-corrected chi connectivity index (χ2v) is 8.07. The van der Waals surface area contributed by atoms with Crippen molar-refractivity contribution in [2.45, 2.75) is 26.2 Å². The van der Waals surface area contributed by atoms with Crippen LogP contribution in [-0.2, 0) is 16.0 Å². The monoisotopic (exact) mass is 482 g/mol. The zero-order valence-corrected chi connectivity index (χ0v) is 19.7. The highest BCUT2D eigenvalue weighted by molar-refractivity contribution is 7.14. The van der Waals surface area contributed by atoms with Gasteiger partial charge in [0.05, 0.1) is 37.1 Å². The molecule has 0 aliphatic carbocycles. The van der Waals surface area contributed by atoms with E-state index in [0.717, 1.165) is 12.8 Å². The Morgan fingerprint density at radius 1 is 1.00 bits per heavy atom. The van der Waals surface area contributed by atoms with Crippen molar-refractivity contribution in [1.29, 1.82) is 0 Å². The number of carbonyl (C=O) groups is 3. The number of methoxy groups -OCH3 is 1. The molecule has 0 fully saturated rings. The van der Waals surface area contributed by atoms with E-state index in [0.29, 0.717) is 40.1 Å². The Kier molecular flexibility index (Phi) is 8.98. The molecule has 34 heavy (non-hydrogen) atoms. The molecular formula is C24H26N4O5S.